The number of hydrogen-bond acceptors (Lipinski definition) is 2. The van der Waals surface area contributed by atoms with E-state index < -0.39 is 0 Å². The monoisotopic (exact) mass is 261 g/mol. The molecule has 0 aromatic heterocycles. The Bertz CT molecular complexity index is 782. The van der Waals surface area contributed by atoms with Crippen LogP contribution in [0.2, 0.25) is 0 Å². The van der Waals surface area contributed by atoms with E-state index in [1.54, 1.807) is 0 Å². The summed E-state index contributed by atoms with van der Waals surface area (Å²) in [6, 6.07) is 22.3. The molecule has 0 aliphatic rings. The molecule has 0 heterocycles. The highest BCUT2D eigenvalue weighted by molar-refractivity contribution is 7.80. The lowest BCUT2D eigenvalue weighted by Crippen LogP contribution is -1.80. The third-order valence-electron chi connectivity index (χ3n) is 3.17. The predicted octanol–water partition coefficient (Wildman–Crippen LogP) is 4.67. The van der Waals surface area contributed by atoms with Gasteiger partial charge < -0.3 is 0 Å². The normalized spacial score (nSPS) is 10.3. The van der Waals surface area contributed by atoms with Crippen molar-refractivity contribution >= 4 is 23.4 Å². The van der Waals surface area contributed by atoms with Crippen molar-refractivity contribution in [3.63, 3.8) is 0 Å². The van der Waals surface area contributed by atoms with Gasteiger partial charge in [-0.3, -0.25) is 0 Å². The molecule has 0 aliphatic carbocycles. The van der Waals surface area contributed by atoms with Crippen LogP contribution in [-0.4, -0.2) is 0 Å². The first-order valence-electron chi connectivity index (χ1n) is 5.99. The van der Waals surface area contributed by atoms with Crippen molar-refractivity contribution in [2.24, 2.45) is 0 Å². The molecule has 1 nitrogen and oxygen atoms in total. The lowest BCUT2D eigenvalue weighted by molar-refractivity contribution is 1.48. The molecule has 3 aromatic carbocycles. The molecule has 0 bridgehead atoms. The van der Waals surface area contributed by atoms with Crippen molar-refractivity contribution < 1.29 is 0 Å². The van der Waals surface area contributed by atoms with E-state index in [1.165, 1.54) is 10.8 Å². The van der Waals surface area contributed by atoms with Crippen molar-refractivity contribution in [2.45, 2.75) is 4.90 Å². The SMILES string of the molecule is N#Cc1ccc(-c2ccc3cc(S)ccc3c2)cc1. The maximum atomic E-state index is 8.81. The fourth-order valence-electron chi connectivity index (χ4n) is 2.15. The lowest BCUT2D eigenvalue weighted by atomic mass is 10.0. The number of fused-ring (bicyclic) bond motifs is 1. The van der Waals surface area contributed by atoms with Gasteiger partial charge in [0.25, 0.3) is 0 Å². The van der Waals surface area contributed by atoms with E-state index >= 15 is 0 Å². The Balaban J connectivity index is 2.09. The number of nitriles is 1. The minimum absolute atomic E-state index is 0.684. The van der Waals surface area contributed by atoms with Crippen LogP contribution in [0, 0.1) is 11.3 Å². The van der Waals surface area contributed by atoms with Gasteiger partial charge in [-0.2, -0.15) is 5.26 Å². The Morgan fingerprint density at radius 2 is 1.37 bits per heavy atom. The summed E-state index contributed by atoms with van der Waals surface area (Å²) >= 11 is 4.35. The average molecular weight is 261 g/mol. The van der Waals surface area contributed by atoms with Crippen molar-refractivity contribution in [3.8, 4) is 17.2 Å². The zero-order valence-corrected chi connectivity index (χ0v) is 11.1. The summed E-state index contributed by atoms with van der Waals surface area (Å²) in [5.74, 6) is 0. The zero-order chi connectivity index (χ0) is 13.2. The van der Waals surface area contributed by atoms with Gasteiger partial charge in [0, 0.05) is 4.90 Å². The van der Waals surface area contributed by atoms with Crippen molar-refractivity contribution in [3.05, 3.63) is 66.2 Å². The van der Waals surface area contributed by atoms with Gasteiger partial charge in [-0.05, 0) is 52.2 Å². The zero-order valence-electron chi connectivity index (χ0n) is 10.2. The van der Waals surface area contributed by atoms with E-state index in [2.05, 4.69) is 49.0 Å². The second-order valence-electron chi connectivity index (χ2n) is 4.44. The largest absolute Gasteiger partial charge is 0.192 e. The Labute approximate surface area is 117 Å². The summed E-state index contributed by atoms with van der Waals surface area (Å²) in [6.07, 6.45) is 0. The maximum absolute atomic E-state index is 8.81. The van der Waals surface area contributed by atoms with Gasteiger partial charge in [-0.15, -0.1) is 12.6 Å². The van der Waals surface area contributed by atoms with Crippen LogP contribution < -0.4 is 0 Å². The molecule has 90 valence electrons. The van der Waals surface area contributed by atoms with E-state index in [-0.39, 0.29) is 0 Å². The first kappa shape index (κ1) is 11.8. The molecule has 2 heteroatoms. The molecule has 0 atom stereocenters. The van der Waals surface area contributed by atoms with Crippen molar-refractivity contribution in [1.29, 1.82) is 5.26 Å². The highest BCUT2D eigenvalue weighted by Gasteiger charge is 2.00. The van der Waals surface area contributed by atoms with Crippen LogP contribution in [0.1, 0.15) is 5.56 Å². The van der Waals surface area contributed by atoms with Gasteiger partial charge in [-0.25, -0.2) is 0 Å². The molecule has 0 amide bonds. The van der Waals surface area contributed by atoms with Crippen LogP contribution in [0.4, 0.5) is 0 Å². The quantitative estimate of drug-likeness (QED) is 0.632. The van der Waals surface area contributed by atoms with Gasteiger partial charge in [-0.1, -0.05) is 30.3 Å². The first-order chi connectivity index (χ1) is 9.26. The molecule has 0 aliphatic heterocycles. The smallest absolute Gasteiger partial charge is 0.0991 e. The van der Waals surface area contributed by atoms with Crippen LogP contribution in [-0.2, 0) is 0 Å². The van der Waals surface area contributed by atoms with Crippen LogP contribution >= 0.6 is 12.6 Å². The van der Waals surface area contributed by atoms with E-state index in [0.29, 0.717) is 5.56 Å². The van der Waals surface area contributed by atoms with Gasteiger partial charge in [0.05, 0.1) is 11.6 Å². The van der Waals surface area contributed by atoms with E-state index in [9.17, 15) is 0 Å². The number of rotatable bonds is 1. The molecule has 0 radical (unpaired) electrons. The molecule has 3 rings (SSSR count). The molecule has 0 unspecified atom stereocenters. The molecule has 0 saturated heterocycles. The minimum Gasteiger partial charge on any atom is -0.192 e. The highest BCUT2D eigenvalue weighted by Crippen LogP contribution is 2.26. The van der Waals surface area contributed by atoms with Crippen LogP contribution in [0.5, 0.6) is 0 Å². The summed E-state index contributed by atoms with van der Waals surface area (Å²) in [6.45, 7) is 0. The Kier molecular flexibility index (Phi) is 2.98. The second kappa shape index (κ2) is 4.79. The van der Waals surface area contributed by atoms with Gasteiger partial charge in [0.2, 0.25) is 0 Å². The summed E-state index contributed by atoms with van der Waals surface area (Å²) in [5, 5.41) is 11.2. The molecule has 0 fully saturated rings. The fraction of sp³-hybridized carbons (Fsp3) is 0. The van der Waals surface area contributed by atoms with E-state index in [4.69, 9.17) is 5.26 Å². The van der Waals surface area contributed by atoms with Crippen molar-refractivity contribution in [2.75, 3.05) is 0 Å². The highest BCUT2D eigenvalue weighted by atomic mass is 32.1. The standard InChI is InChI=1S/C17H11NS/c18-11-12-1-3-13(4-2-12)14-5-6-16-10-17(19)8-7-15(16)9-14/h1-10,19H. The predicted molar refractivity (Wildman–Crippen MR) is 81.4 cm³/mol. The molecular formula is C17H11NS. The summed E-state index contributed by atoms with van der Waals surface area (Å²) < 4.78 is 0. The van der Waals surface area contributed by atoms with Gasteiger partial charge >= 0.3 is 0 Å². The second-order valence-corrected chi connectivity index (χ2v) is 4.95. The minimum atomic E-state index is 0.684. The topological polar surface area (TPSA) is 23.8 Å². The molecular weight excluding hydrogens is 250 g/mol. The van der Waals surface area contributed by atoms with Gasteiger partial charge in [0.15, 0.2) is 0 Å². The Morgan fingerprint density at radius 3 is 2.11 bits per heavy atom. The number of benzene rings is 3. The molecule has 0 saturated carbocycles. The number of thiol groups is 1. The summed E-state index contributed by atoms with van der Waals surface area (Å²) in [4.78, 5) is 0.971. The van der Waals surface area contributed by atoms with Gasteiger partial charge in [0.1, 0.15) is 0 Å². The lowest BCUT2D eigenvalue weighted by Gasteiger charge is -2.05. The molecule has 0 N–H and O–H groups in total. The fourth-order valence-corrected chi connectivity index (χ4v) is 2.36. The first-order valence-corrected chi connectivity index (χ1v) is 6.44. The Hall–Kier alpha value is -2.24. The molecule has 0 spiro atoms. The summed E-state index contributed by atoms with van der Waals surface area (Å²) in [5.41, 5.74) is 2.96. The number of nitrogens with zero attached hydrogens (tertiary/aromatic N) is 1. The van der Waals surface area contributed by atoms with E-state index in [1.807, 2.05) is 30.3 Å². The molecule has 3 aromatic rings. The van der Waals surface area contributed by atoms with E-state index in [0.717, 1.165) is 16.0 Å². The van der Waals surface area contributed by atoms with Crippen LogP contribution in [0.3, 0.4) is 0 Å². The number of hydrogen-bond donors (Lipinski definition) is 1. The third-order valence-corrected chi connectivity index (χ3v) is 3.45. The average Bonchev–Trinajstić information content (AvgIpc) is 2.47. The van der Waals surface area contributed by atoms with Crippen LogP contribution in [0.25, 0.3) is 21.9 Å². The van der Waals surface area contributed by atoms with Crippen LogP contribution in [0.15, 0.2) is 65.6 Å². The third kappa shape index (κ3) is 2.33. The Morgan fingerprint density at radius 1 is 0.737 bits per heavy atom. The van der Waals surface area contributed by atoms with Crippen molar-refractivity contribution in [1.82, 2.24) is 0 Å². The maximum Gasteiger partial charge on any atom is 0.0991 e. The molecule has 19 heavy (non-hydrogen) atoms. The summed E-state index contributed by atoms with van der Waals surface area (Å²) in [7, 11) is 0.